The molecule has 1 aromatic heterocycles. The lowest BCUT2D eigenvalue weighted by Gasteiger charge is -2.09. The molecule has 1 aromatic carbocycles. The Morgan fingerprint density at radius 1 is 1.44 bits per heavy atom. The molecule has 3 nitrogen and oxygen atoms in total. The molecule has 0 unspecified atom stereocenters. The molecule has 0 bridgehead atoms. The maximum absolute atomic E-state index is 6.22. The van der Waals surface area contributed by atoms with E-state index in [1.807, 2.05) is 0 Å². The van der Waals surface area contributed by atoms with Crippen LogP contribution >= 0.6 is 0 Å². The third kappa shape index (κ3) is 1.28. The van der Waals surface area contributed by atoms with Crippen molar-refractivity contribution in [2.75, 3.05) is 0 Å². The molecule has 16 heavy (non-hydrogen) atoms. The number of imidazole rings is 1. The maximum atomic E-state index is 6.22. The standard InChI is InChI=1S/C13H17N3/c1-3-12-15-10-5-4-9(13(14)6-7-13)8-11(10)16(12)2/h4-5,8H,3,6-7,14H2,1-2H3. The fourth-order valence-electron chi connectivity index (χ4n) is 2.29. The first-order chi connectivity index (χ1) is 7.64. The van der Waals surface area contributed by atoms with Crippen molar-refractivity contribution in [3.63, 3.8) is 0 Å². The molecule has 84 valence electrons. The summed E-state index contributed by atoms with van der Waals surface area (Å²) >= 11 is 0. The molecule has 1 aliphatic carbocycles. The van der Waals surface area contributed by atoms with Gasteiger partial charge in [-0.1, -0.05) is 13.0 Å². The van der Waals surface area contributed by atoms with Crippen molar-refractivity contribution in [2.45, 2.75) is 31.7 Å². The van der Waals surface area contributed by atoms with E-state index in [1.54, 1.807) is 0 Å². The van der Waals surface area contributed by atoms with Crippen LogP contribution in [0.25, 0.3) is 11.0 Å². The van der Waals surface area contributed by atoms with Gasteiger partial charge in [0.1, 0.15) is 5.82 Å². The van der Waals surface area contributed by atoms with Crippen LogP contribution in [0.3, 0.4) is 0 Å². The quantitative estimate of drug-likeness (QED) is 0.833. The van der Waals surface area contributed by atoms with Crippen LogP contribution in [0.5, 0.6) is 0 Å². The summed E-state index contributed by atoms with van der Waals surface area (Å²) < 4.78 is 2.17. The number of hydrogen-bond donors (Lipinski definition) is 1. The van der Waals surface area contributed by atoms with Gasteiger partial charge in [0.2, 0.25) is 0 Å². The first-order valence-corrected chi connectivity index (χ1v) is 5.89. The third-order valence-electron chi connectivity index (χ3n) is 3.65. The third-order valence-corrected chi connectivity index (χ3v) is 3.65. The molecule has 1 heterocycles. The Balaban J connectivity index is 2.20. The fourth-order valence-corrected chi connectivity index (χ4v) is 2.29. The summed E-state index contributed by atoms with van der Waals surface area (Å²) in [4.78, 5) is 4.60. The molecule has 0 atom stereocenters. The van der Waals surface area contributed by atoms with Crippen LogP contribution in [-0.2, 0) is 19.0 Å². The average Bonchev–Trinajstić information content (AvgIpc) is 2.96. The molecule has 1 saturated carbocycles. The van der Waals surface area contributed by atoms with Crippen molar-refractivity contribution < 1.29 is 0 Å². The summed E-state index contributed by atoms with van der Waals surface area (Å²) in [6, 6.07) is 6.42. The van der Waals surface area contributed by atoms with E-state index in [2.05, 4.69) is 41.7 Å². The zero-order valence-electron chi connectivity index (χ0n) is 9.83. The van der Waals surface area contributed by atoms with Crippen LogP contribution in [0.15, 0.2) is 18.2 Å². The van der Waals surface area contributed by atoms with Gasteiger partial charge in [-0.2, -0.15) is 0 Å². The number of hydrogen-bond acceptors (Lipinski definition) is 2. The monoisotopic (exact) mass is 215 g/mol. The minimum absolute atomic E-state index is 0.0508. The number of aryl methyl sites for hydroxylation is 2. The molecule has 0 saturated heterocycles. The summed E-state index contributed by atoms with van der Waals surface area (Å²) in [6.07, 6.45) is 3.18. The number of nitrogens with zero attached hydrogens (tertiary/aromatic N) is 2. The van der Waals surface area contributed by atoms with Crippen LogP contribution in [-0.4, -0.2) is 9.55 Å². The van der Waals surface area contributed by atoms with Crippen LogP contribution in [0.2, 0.25) is 0 Å². The van der Waals surface area contributed by atoms with Crippen molar-refractivity contribution in [3.8, 4) is 0 Å². The molecular weight excluding hydrogens is 198 g/mol. The number of aromatic nitrogens is 2. The van der Waals surface area contributed by atoms with Gasteiger partial charge < -0.3 is 10.3 Å². The van der Waals surface area contributed by atoms with Gasteiger partial charge in [-0.3, -0.25) is 0 Å². The fraction of sp³-hybridized carbons (Fsp3) is 0.462. The average molecular weight is 215 g/mol. The van der Waals surface area contributed by atoms with E-state index in [1.165, 1.54) is 11.1 Å². The lowest BCUT2D eigenvalue weighted by atomic mass is 10.1. The number of benzene rings is 1. The Kier molecular flexibility index (Phi) is 1.89. The van der Waals surface area contributed by atoms with Gasteiger partial charge in [-0.15, -0.1) is 0 Å². The van der Waals surface area contributed by atoms with Gasteiger partial charge in [-0.05, 0) is 30.5 Å². The molecule has 0 spiro atoms. The Bertz CT molecular complexity index is 550. The highest BCUT2D eigenvalue weighted by Crippen LogP contribution is 2.43. The van der Waals surface area contributed by atoms with E-state index in [4.69, 9.17) is 5.73 Å². The zero-order chi connectivity index (χ0) is 11.3. The van der Waals surface area contributed by atoms with E-state index in [-0.39, 0.29) is 5.54 Å². The molecule has 3 rings (SSSR count). The van der Waals surface area contributed by atoms with E-state index in [9.17, 15) is 0 Å². The van der Waals surface area contributed by atoms with Gasteiger partial charge in [0.15, 0.2) is 0 Å². The van der Waals surface area contributed by atoms with Crippen LogP contribution in [0, 0.1) is 0 Å². The topological polar surface area (TPSA) is 43.8 Å². The van der Waals surface area contributed by atoms with Crippen molar-refractivity contribution in [1.82, 2.24) is 9.55 Å². The zero-order valence-corrected chi connectivity index (χ0v) is 9.83. The first kappa shape index (κ1) is 9.85. The van der Waals surface area contributed by atoms with Crippen LogP contribution in [0.4, 0.5) is 0 Å². The smallest absolute Gasteiger partial charge is 0.109 e. The number of fused-ring (bicyclic) bond motifs is 1. The number of nitrogens with two attached hydrogens (primary N) is 1. The second kappa shape index (κ2) is 3.08. The van der Waals surface area contributed by atoms with Gasteiger partial charge in [0, 0.05) is 19.0 Å². The van der Waals surface area contributed by atoms with Crippen molar-refractivity contribution in [2.24, 2.45) is 12.8 Å². The van der Waals surface area contributed by atoms with E-state index < -0.39 is 0 Å². The van der Waals surface area contributed by atoms with Crippen LogP contribution < -0.4 is 5.73 Å². The molecule has 1 aliphatic rings. The minimum Gasteiger partial charge on any atom is -0.331 e. The molecule has 1 fully saturated rings. The highest BCUT2D eigenvalue weighted by Gasteiger charge is 2.40. The second-order valence-corrected chi connectivity index (χ2v) is 4.80. The Hall–Kier alpha value is -1.35. The lowest BCUT2D eigenvalue weighted by Crippen LogP contribution is -2.18. The van der Waals surface area contributed by atoms with Gasteiger partial charge >= 0.3 is 0 Å². The Morgan fingerprint density at radius 3 is 2.81 bits per heavy atom. The summed E-state index contributed by atoms with van der Waals surface area (Å²) in [7, 11) is 2.08. The highest BCUT2D eigenvalue weighted by molar-refractivity contribution is 5.77. The summed E-state index contributed by atoms with van der Waals surface area (Å²) in [6.45, 7) is 2.13. The summed E-state index contributed by atoms with van der Waals surface area (Å²) in [5.41, 5.74) is 9.70. The van der Waals surface area contributed by atoms with E-state index >= 15 is 0 Å². The molecule has 0 amide bonds. The Labute approximate surface area is 95.3 Å². The van der Waals surface area contributed by atoms with E-state index in [0.717, 1.165) is 30.6 Å². The molecule has 0 aliphatic heterocycles. The summed E-state index contributed by atoms with van der Waals surface area (Å²) in [5, 5.41) is 0. The predicted octanol–water partition coefficient (Wildman–Crippen LogP) is 2.08. The lowest BCUT2D eigenvalue weighted by molar-refractivity contribution is 0.740. The first-order valence-electron chi connectivity index (χ1n) is 5.89. The highest BCUT2D eigenvalue weighted by atomic mass is 15.1. The molecule has 3 heteroatoms. The number of rotatable bonds is 2. The van der Waals surface area contributed by atoms with Crippen LogP contribution in [0.1, 0.15) is 31.2 Å². The molecule has 2 N–H and O–H groups in total. The summed E-state index contributed by atoms with van der Waals surface area (Å²) in [5.74, 6) is 1.13. The van der Waals surface area contributed by atoms with Gasteiger partial charge in [0.25, 0.3) is 0 Å². The van der Waals surface area contributed by atoms with Gasteiger partial charge in [-0.25, -0.2) is 4.98 Å². The minimum atomic E-state index is -0.0508. The van der Waals surface area contributed by atoms with Crippen molar-refractivity contribution >= 4 is 11.0 Å². The van der Waals surface area contributed by atoms with Crippen molar-refractivity contribution in [3.05, 3.63) is 29.6 Å². The molecule has 0 radical (unpaired) electrons. The van der Waals surface area contributed by atoms with E-state index in [0.29, 0.717) is 0 Å². The SMILES string of the molecule is CCc1nc2ccc(C3(N)CC3)cc2n1C. The Morgan fingerprint density at radius 2 is 2.19 bits per heavy atom. The second-order valence-electron chi connectivity index (χ2n) is 4.80. The van der Waals surface area contributed by atoms with Gasteiger partial charge in [0.05, 0.1) is 11.0 Å². The molecule has 2 aromatic rings. The predicted molar refractivity (Wildman–Crippen MR) is 65.2 cm³/mol. The van der Waals surface area contributed by atoms with Crippen molar-refractivity contribution in [1.29, 1.82) is 0 Å². The largest absolute Gasteiger partial charge is 0.331 e. The molecular formula is C13H17N3. The normalized spacial score (nSPS) is 17.9. The maximum Gasteiger partial charge on any atom is 0.109 e.